The lowest BCUT2D eigenvalue weighted by Gasteiger charge is -1.95. The molecule has 58 valence electrons. The van der Waals surface area contributed by atoms with Gasteiger partial charge in [0.15, 0.2) is 0 Å². The summed E-state index contributed by atoms with van der Waals surface area (Å²) in [6.45, 7) is 0.713. The molecule has 0 heterocycles. The average Bonchev–Trinajstić information content (AvgIpc) is 1.98. The molecule has 0 fully saturated rings. The molecule has 0 unspecified atom stereocenters. The molecule has 3 heteroatoms. The van der Waals surface area contributed by atoms with Crippen molar-refractivity contribution >= 4 is 5.94 Å². The number of rotatable bonds is 5. The summed E-state index contributed by atoms with van der Waals surface area (Å²) >= 11 is 0. The first-order valence-electron chi connectivity index (χ1n) is 3.50. The van der Waals surface area contributed by atoms with Crippen LogP contribution in [0.5, 0.6) is 0 Å². The smallest absolute Gasteiger partial charge is 0.145 e. The first kappa shape index (κ1) is 9.21. The molecule has 0 radical (unpaired) electrons. The fourth-order valence-electron chi connectivity index (χ4n) is 0.688. The molecule has 0 atom stereocenters. The largest absolute Gasteiger partial charge is 0.393 e. The van der Waals surface area contributed by atoms with Crippen LogP contribution in [-0.2, 0) is 4.79 Å². The Morgan fingerprint density at radius 2 is 2.00 bits per heavy atom. The van der Waals surface area contributed by atoms with Crippen LogP contribution in [0.4, 0.5) is 0 Å². The molecule has 0 bridgehead atoms. The molecule has 0 aromatic rings. The molecule has 10 heavy (non-hydrogen) atoms. The Morgan fingerprint density at radius 1 is 1.30 bits per heavy atom. The minimum atomic E-state index is 0.317. The van der Waals surface area contributed by atoms with E-state index >= 15 is 0 Å². The molecular formula is C7H14N2O. The van der Waals surface area contributed by atoms with Crippen LogP contribution in [-0.4, -0.2) is 12.5 Å². The zero-order chi connectivity index (χ0) is 7.82. The van der Waals surface area contributed by atoms with E-state index in [1.54, 1.807) is 5.94 Å². The van der Waals surface area contributed by atoms with E-state index in [4.69, 9.17) is 11.5 Å². The van der Waals surface area contributed by atoms with Crippen molar-refractivity contribution in [1.82, 2.24) is 0 Å². The molecule has 0 aliphatic rings. The van der Waals surface area contributed by atoms with E-state index in [0.717, 1.165) is 19.3 Å². The van der Waals surface area contributed by atoms with Crippen LogP contribution >= 0.6 is 0 Å². The van der Waals surface area contributed by atoms with Gasteiger partial charge in [0.1, 0.15) is 5.94 Å². The van der Waals surface area contributed by atoms with Crippen molar-refractivity contribution in [3.8, 4) is 0 Å². The van der Waals surface area contributed by atoms with Crippen molar-refractivity contribution in [3.63, 3.8) is 0 Å². The third kappa shape index (κ3) is 5.35. The maximum absolute atomic E-state index is 9.86. The highest BCUT2D eigenvalue weighted by Gasteiger charge is 1.90. The Kier molecular flexibility index (Phi) is 5.83. The second-order valence-electron chi connectivity index (χ2n) is 2.23. The predicted molar refractivity (Wildman–Crippen MR) is 40.9 cm³/mol. The van der Waals surface area contributed by atoms with Gasteiger partial charge in [-0.1, -0.05) is 6.42 Å². The summed E-state index contributed by atoms with van der Waals surface area (Å²) in [6, 6.07) is 0. The normalized spacial score (nSPS) is 8.90. The second kappa shape index (κ2) is 6.33. The van der Waals surface area contributed by atoms with Crippen molar-refractivity contribution in [2.45, 2.75) is 25.7 Å². The van der Waals surface area contributed by atoms with Crippen LogP contribution in [0.25, 0.3) is 0 Å². The lowest BCUT2D eigenvalue weighted by Crippen LogP contribution is -2.00. The van der Waals surface area contributed by atoms with Gasteiger partial charge in [0, 0.05) is 0 Å². The molecule has 0 aliphatic heterocycles. The van der Waals surface area contributed by atoms with Gasteiger partial charge in [-0.15, -0.1) is 0 Å². The second-order valence-corrected chi connectivity index (χ2v) is 2.23. The third-order valence-electron chi connectivity index (χ3n) is 1.28. The SMILES string of the molecule is NCCCCCC(N)=C=O. The van der Waals surface area contributed by atoms with E-state index in [1.165, 1.54) is 0 Å². The fourth-order valence-corrected chi connectivity index (χ4v) is 0.688. The quantitative estimate of drug-likeness (QED) is 0.425. The molecule has 0 saturated carbocycles. The molecule has 0 aromatic carbocycles. The summed E-state index contributed by atoms with van der Waals surface area (Å²) in [7, 11) is 0. The first-order chi connectivity index (χ1) is 4.81. The maximum Gasteiger partial charge on any atom is 0.145 e. The molecule has 0 spiro atoms. The highest BCUT2D eigenvalue weighted by molar-refractivity contribution is 5.50. The van der Waals surface area contributed by atoms with Gasteiger partial charge in [-0.3, -0.25) is 0 Å². The Bertz CT molecular complexity index is 128. The summed E-state index contributed by atoms with van der Waals surface area (Å²) in [4.78, 5) is 9.86. The van der Waals surface area contributed by atoms with Gasteiger partial charge in [0.05, 0.1) is 5.70 Å². The lowest BCUT2D eigenvalue weighted by atomic mass is 10.2. The number of hydrogen-bond donors (Lipinski definition) is 2. The molecule has 3 nitrogen and oxygen atoms in total. The summed E-state index contributed by atoms with van der Waals surface area (Å²) in [5, 5.41) is 0. The highest BCUT2D eigenvalue weighted by Crippen LogP contribution is 2.00. The fraction of sp³-hybridized carbons (Fsp3) is 0.714. The molecule has 0 aromatic heterocycles. The summed E-state index contributed by atoms with van der Waals surface area (Å²) in [5.74, 6) is 1.66. The highest BCUT2D eigenvalue weighted by atomic mass is 16.1. The minimum Gasteiger partial charge on any atom is -0.393 e. The number of carbonyl (C=O) groups excluding carboxylic acids is 1. The van der Waals surface area contributed by atoms with E-state index in [2.05, 4.69) is 0 Å². The van der Waals surface area contributed by atoms with Gasteiger partial charge in [-0.2, -0.15) is 0 Å². The number of nitrogens with two attached hydrogens (primary N) is 2. The van der Waals surface area contributed by atoms with Crippen LogP contribution < -0.4 is 11.5 Å². The van der Waals surface area contributed by atoms with Gasteiger partial charge in [0.2, 0.25) is 0 Å². The van der Waals surface area contributed by atoms with Gasteiger partial charge in [0.25, 0.3) is 0 Å². The van der Waals surface area contributed by atoms with Crippen molar-refractivity contribution in [2.75, 3.05) is 6.54 Å². The van der Waals surface area contributed by atoms with E-state index in [-0.39, 0.29) is 0 Å². The summed E-state index contributed by atoms with van der Waals surface area (Å²) < 4.78 is 0. The van der Waals surface area contributed by atoms with E-state index in [0.29, 0.717) is 18.7 Å². The van der Waals surface area contributed by atoms with Crippen molar-refractivity contribution in [2.24, 2.45) is 11.5 Å². The number of hydrogen-bond acceptors (Lipinski definition) is 3. The van der Waals surface area contributed by atoms with Crippen LogP contribution in [0.3, 0.4) is 0 Å². The van der Waals surface area contributed by atoms with Crippen LogP contribution in [0.15, 0.2) is 5.70 Å². The maximum atomic E-state index is 9.86. The molecule has 0 saturated heterocycles. The standard InChI is InChI=1S/C7H14N2O/c8-5-3-1-2-4-7(9)6-10/h1-5,8-9H2. The Labute approximate surface area is 61.1 Å². The van der Waals surface area contributed by atoms with Gasteiger partial charge in [-0.25, -0.2) is 4.79 Å². The number of unbranched alkanes of at least 4 members (excludes halogenated alkanes) is 2. The van der Waals surface area contributed by atoms with Crippen LogP contribution in [0.1, 0.15) is 25.7 Å². The summed E-state index contributed by atoms with van der Waals surface area (Å²) in [6.07, 6.45) is 3.65. The first-order valence-corrected chi connectivity index (χ1v) is 3.50. The topological polar surface area (TPSA) is 69.1 Å². The minimum absolute atomic E-state index is 0.317. The van der Waals surface area contributed by atoms with E-state index in [1.807, 2.05) is 0 Å². The molecule has 4 N–H and O–H groups in total. The monoisotopic (exact) mass is 142 g/mol. The van der Waals surface area contributed by atoms with Gasteiger partial charge in [-0.05, 0) is 25.8 Å². The lowest BCUT2D eigenvalue weighted by molar-refractivity contribution is 0.564. The number of allylic oxidation sites excluding steroid dienone is 1. The van der Waals surface area contributed by atoms with Crippen molar-refractivity contribution in [1.29, 1.82) is 0 Å². The molecule has 0 amide bonds. The Hall–Kier alpha value is -0.790. The third-order valence-corrected chi connectivity index (χ3v) is 1.28. The van der Waals surface area contributed by atoms with Crippen molar-refractivity contribution in [3.05, 3.63) is 5.70 Å². The molecule has 0 aliphatic carbocycles. The van der Waals surface area contributed by atoms with Gasteiger partial charge < -0.3 is 11.5 Å². The Morgan fingerprint density at radius 3 is 2.50 bits per heavy atom. The molecule has 0 rings (SSSR count). The van der Waals surface area contributed by atoms with Crippen LogP contribution in [0.2, 0.25) is 0 Å². The molecular weight excluding hydrogens is 128 g/mol. The van der Waals surface area contributed by atoms with Gasteiger partial charge >= 0.3 is 0 Å². The Balaban J connectivity index is 3.12. The zero-order valence-electron chi connectivity index (χ0n) is 6.10. The van der Waals surface area contributed by atoms with E-state index < -0.39 is 0 Å². The predicted octanol–water partition coefficient (Wildman–Crippen LogP) is 0.180. The van der Waals surface area contributed by atoms with Crippen LogP contribution in [0, 0.1) is 0 Å². The zero-order valence-corrected chi connectivity index (χ0v) is 6.10. The van der Waals surface area contributed by atoms with E-state index in [9.17, 15) is 4.79 Å². The average molecular weight is 142 g/mol. The summed E-state index contributed by atoms with van der Waals surface area (Å²) in [5.41, 5.74) is 10.8. The van der Waals surface area contributed by atoms with Crippen molar-refractivity contribution < 1.29 is 4.79 Å².